The molecule has 4 rings (SSSR count). The minimum Gasteiger partial charge on any atom is -0.457 e. The summed E-state index contributed by atoms with van der Waals surface area (Å²) in [5.41, 5.74) is -0.397. The van der Waals surface area contributed by atoms with Gasteiger partial charge in [0, 0.05) is 25.5 Å². The zero-order chi connectivity index (χ0) is 45.2. The first-order chi connectivity index (χ1) is 28.5. The average molecular weight is 846 g/mol. The molecule has 3 aromatic carbocycles. The van der Waals surface area contributed by atoms with E-state index in [9.17, 15) is 33.6 Å². The standard InChI is InChI=1S/C46H60FN5O9/c1-29(53)50-35(27-30-20-22-33(23-21-30)46(47,41(58)60-43(2,3)4)42(59)61-44(5,6)7)39(56)52-45(24-11-8-12-25-45)40(57)51-36(28-37(48)54)38(55)49-26-14-18-32-17-13-16-31-15-9-10-19-34(31)32/h9-10,13,15-17,19-23,35-36H,8,11-12,14,18,24-28H2,1-7H3,(H2,48,54)(H,49,55)(H,50,53)(H,51,57)(H,52,56)/t35-,36-/m0/s1. The van der Waals surface area contributed by atoms with Gasteiger partial charge in [-0.15, -0.1) is 0 Å². The van der Waals surface area contributed by atoms with E-state index in [4.69, 9.17) is 15.2 Å². The predicted octanol–water partition coefficient (Wildman–Crippen LogP) is 4.66. The molecule has 0 heterocycles. The summed E-state index contributed by atoms with van der Waals surface area (Å²) >= 11 is 0. The Hall–Kier alpha value is -5.86. The molecule has 3 aromatic rings. The van der Waals surface area contributed by atoms with Crippen molar-refractivity contribution in [3.05, 3.63) is 83.4 Å². The van der Waals surface area contributed by atoms with E-state index in [0.29, 0.717) is 31.2 Å². The Morgan fingerprint density at radius 1 is 0.754 bits per heavy atom. The van der Waals surface area contributed by atoms with Crippen LogP contribution in [0.1, 0.15) is 110 Å². The number of ether oxygens (including phenoxy) is 2. The highest BCUT2D eigenvalue weighted by molar-refractivity contribution is 6.04. The Kier molecular flexibility index (Phi) is 15.8. The number of esters is 2. The highest BCUT2D eigenvalue weighted by Gasteiger charge is 2.54. The number of nitrogens with two attached hydrogens (primary N) is 1. The third kappa shape index (κ3) is 13.3. The van der Waals surface area contributed by atoms with Crippen LogP contribution in [0.15, 0.2) is 66.7 Å². The summed E-state index contributed by atoms with van der Waals surface area (Å²) in [6, 6.07) is 16.7. The third-order valence-electron chi connectivity index (χ3n) is 10.2. The Labute approximate surface area is 356 Å². The fraction of sp³-hybridized carbons (Fsp3) is 0.500. The largest absolute Gasteiger partial charge is 0.457 e. The number of amides is 5. The Morgan fingerprint density at radius 2 is 1.34 bits per heavy atom. The first kappa shape index (κ1) is 47.8. The van der Waals surface area contributed by atoms with Crippen molar-refractivity contribution >= 4 is 52.2 Å². The molecule has 0 aliphatic heterocycles. The van der Waals surface area contributed by atoms with Crippen LogP contribution in [0.5, 0.6) is 0 Å². The molecule has 0 bridgehead atoms. The van der Waals surface area contributed by atoms with Crippen molar-refractivity contribution in [1.29, 1.82) is 0 Å². The Bertz CT molecular complexity index is 2050. The quantitative estimate of drug-likeness (QED) is 0.0726. The van der Waals surface area contributed by atoms with Gasteiger partial charge in [-0.3, -0.25) is 24.0 Å². The molecule has 0 saturated heterocycles. The van der Waals surface area contributed by atoms with Gasteiger partial charge in [0.05, 0.1) is 6.42 Å². The first-order valence-corrected chi connectivity index (χ1v) is 20.7. The van der Waals surface area contributed by atoms with Crippen molar-refractivity contribution in [2.45, 2.75) is 141 Å². The molecule has 61 heavy (non-hydrogen) atoms. The monoisotopic (exact) mass is 845 g/mol. The summed E-state index contributed by atoms with van der Waals surface area (Å²) in [5, 5.41) is 13.2. The van der Waals surface area contributed by atoms with E-state index in [0.717, 1.165) is 22.8 Å². The average Bonchev–Trinajstić information content (AvgIpc) is 3.17. The van der Waals surface area contributed by atoms with E-state index in [1.54, 1.807) is 0 Å². The number of halogens is 1. The smallest absolute Gasteiger partial charge is 0.361 e. The van der Waals surface area contributed by atoms with Gasteiger partial charge in [0.1, 0.15) is 28.8 Å². The van der Waals surface area contributed by atoms with Gasteiger partial charge in [0.2, 0.25) is 29.5 Å². The maximum absolute atomic E-state index is 16.7. The van der Waals surface area contributed by atoms with Gasteiger partial charge in [0.15, 0.2) is 0 Å². The van der Waals surface area contributed by atoms with Crippen molar-refractivity contribution in [1.82, 2.24) is 21.3 Å². The van der Waals surface area contributed by atoms with E-state index in [2.05, 4.69) is 21.3 Å². The summed E-state index contributed by atoms with van der Waals surface area (Å²) in [6.45, 7) is 10.7. The fourth-order valence-corrected chi connectivity index (χ4v) is 7.29. The van der Waals surface area contributed by atoms with Crippen LogP contribution in [0.2, 0.25) is 0 Å². The fourth-order valence-electron chi connectivity index (χ4n) is 7.29. The number of primary amides is 1. The van der Waals surface area contributed by atoms with E-state index >= 15 is 4.39 Å². The molecule has 5 amide bonds. The lowest BCUT2D eigenvalue weighted by molar-refractivity contribution is -0.188. The lowest BCUT2D eigenvalue weighted by atomic mass is 9.80. The maximum atomic E-state index is 16.7. The number of hydrogen-bond donors (Lipinski definition) is 5. The molecule has 14 nitrogen and oxygen atoms in total. The number of carbonyl (C=O) groups is 7. The van der Waals surface area contributed by atoms with E-state index < -0.39 is 82.4 Å². The molecule has 0 aromatic heterocycles. The molecule has 1 saturated carbocycles. The molecule has 6 N–H and O–H groups in total. The van der Waals surface area contributed by atoms with Gasteiger partial charge in [0.25, 0.3) is 0 Å². The molecule has 15 heteroatoms. The summed E-state index contributed by atoms with van der Waals surface area (Å²) in [4.78, 5) is 92.5. The van der Waals surface area contributed by atoms with Gasteiger partial charge in [-0.05, 0) is 89.1 Å². The highest BCUT2D eigenvalue weighted by Crippen LogP contribution is 2.34. The molecule has 1 aliphatic rings. The number of fused-ring (bicyclic) bond motifs is 1. The number of alkyl halides is 1. The van der Waals surface area contributed by atoms with Crippen LogP contribution in [0, 0.1) is 0 Å². The second-order valence-electron chi connectivity index (χ2n) is 17.7. The summed E-state index contributed by atoms with van der Waals surface area (Å²) in [6.07, 6.45) is 3.03. The molecule has 0 spiro atoms. The van der Waals surface area contributed by atoms with Crippen LogP contribution in [0.25, 0.3) is 10.8 Å². The normalized spacial score (nSPS) is 15.1. The van der Waals surface area contributed by atoms with Crippen molar-refractivity contribution < 1.29 is 47.4 Å². The number of carbonyl (C=O) groups excluding carboxylic acids is 7. The van der Waals surface area contributed by atoms with Gasteiger partial charge in [-0.2, -0.15) is 0 Å². The zero-order valence-electron chi connectivity index (χ0n) is 36.2. The lowest BCUT2D eigenvalue weighted by Crippen LogP contribution is -2.65. The topological polar surface area (TPSA) is 212 Å². The van der Waals surface area contributed by atoms with E-state index in [1.165, 1.54) is 72.7 Å². The number of rotatable bonds is 17. The molecule has 1 fully saturated rings. The van der Waals surface area contributed by atoms with E-state index in [-0.39, 0.29) is 31.4 Å². The second-order valence-corrected chi connectivity index (χ2v) is 17.7. The second kappa shape index (κ2) is 20.1. The zero-order valence-corrected chi connectivity index (χ0v) is 36.2. The van der Waals surface area contributed by atoms with Crippen LogP contribution in [0.3, 0.4) is 0 Å². The van der Waals surface area contributed by atoms with E-state index in [1.807, 2.05) is 42.5 Å². The summed E-state index contributed by atoms with van der Waals surface area (Å²) < 4.78 is 27.2. The lowest BCUT2D eigenvalue weighted by Gasteiger charge is -2.38. The van der Waals surface area contributed by atoms with Crippen LogP contribution in [-0.4, -0.2) is 76.8 Å². The first-order valence-electron chi connectivity index (χ1n) is 20.7. The van der Waals surface area contributed by atoms with Crippen LogP contribution < -0.4 is 27.0 Å². The Morgan fingerprint density at radius 3 is 1.92 bits per heavy atom. The van der Waals surface area contributed by atoms with Crippen molar-refractivity contribution in [2.75, 3.05) is 6.54 Å². The molecular formula is C46H60FN5O9. The summed E-state index contributed by atoms with van der Waals surface area (Å²) in [5.74, 6) is -6.25. The van der Waals surface area contributed by atoms with Gasteiger partial charge < -0.3 is 36.5 Å². The van der Waals surface area contributed by atoms with Gasteiger partial charge in [-0.1, -0.05) is 86.0 Å². The van der Waals surface area contributed by atoms with Crippen molar-refractivity contribution in [3.63, 3.8) is 0 Å². The SMILES string of the molecule is CC(=O)N[C@@H](Cc1ccc(C(F)(C(=O)OC(C)(C)C)C(=O)OC(C)(C)C)cc1)C(=O)NC1(C(=O)N[C@@H](CC(N)=O)C(=O)NCCCc2cccc3ccccc23)CCCCC1. The van der Waals surface area contributed by atoms with Crippen LogP contribution in [-0.2, 0) is 61.5 Å². The van der Waals surface area contributed by atoms with Crippen LogP contribution in [0.4, 0.5) is 4.39 Å². The summed E-state index contributed by atoms with van der Waals surface area (Å²) in [7, 11) is 0. The highest BCUT2D eigenvalue weighted by atomic mass is 19.1. The molecule has 0 radical (unpaired) electrons. The molecule has 1 aliphatic carbocycles. The van der Waals surface area contributed by atoms with Gasteiger partial charge >= 0.3 is 17.6 Å². The molecule has 0 unspecified atom stereocenters. The predicted molar refractivity (Wildman–Crippen MR) is 227 cm³/mol. The number of benzene rings is 3. The number of nitrogens with one attached hydrogen (secondary N) is 4. The molecular weight excluding hydrogens is 786 g/mol. The Balaban J connectivity index is 1.50. The van der Waals surface area contributed by atoms with Crippen molar-refractivity contribution in [3.8, 4) is 0 Å². The van der Waals surface area contributed by atoms with Crippen LogP contribution >= 0.6 is 0 Å². The molecule has 2 atom stereocenters. The number of aryl methyl sites for hydroxylation is 1. The minimum atomic E-state index is -3.32. The van der Waals surface area contributed by atoms with Gasteiger partial charge in [-0.25, -0.2) is 14.0 Å². The maximum Gasteiger partial charge on any atom is 0.361 e. The minimum absolute atomic E-state index is 0.132. The van der Waals surface area contributed by atoms with Crippen molar-refractivity contribution in [2.24, 2.45) is 5.73 Å². The molecule has 330 valence electrons. The third-order valence-corrected chi connectivity index (χ3v) is 10.2. The number of hydrogen-bond acceptors (Lipinski definition) is 9.